The Morgan fingerprint density at radius 1 is 1.09 bits per heavy atom. The number of halogens is 4. The highest BCUT2D eigenvalue weighted by Crippen LogP contribution is 2.32. The summed E-state index contributed by atoms with van der Waals surface area (Å²) in [5.74, 6) is 0. The molecule has 0 unspecified atom stereocenters. The predicted octanol–water partition coefficient (Wildman–Crippen LogP) is 5.24. The van der Waals surface area contributed by atoms with Gasteiger partial charge in [-0.05, 0) is 43.3 Å². The van der Waals surface area contributed by atoms with Gasteiger partial charge in [0, 0.05) is 23.3 Å². The van der Waals surface area contributed by atoms with Crippen molar-refractivity contribution < 1.29 is 13.2 Å². The van der Waals surface area contributed by atoms with Crippen LogP contribution < -0.4 is 10.7 Å². The second-order valence-corrected chi connectivity index (χ2v) is 5.26. The molecule has 0 bridgehead atoms. The molecule has 0 heterocycles. The molecule has 0 amide bonds. The molecule has 0 saturated carbocycles. The second kappa shape index (κ2) is 6.91. The summed E-state index contributed by atoms with van der Waals surface area (Å²) in [5, 5.41) is 7.57. The standard InChI is InChI=1S/C16H15ClF3N3/c1-10(22-23-13-6-4-12(17)5-7-13)14-8-3-11(16(18,19)20)9-15(14)21-2/h3-9,21,23H,1-2H3/b22-10+. The Bertz CT molecular complexity index is 710. The van der Waals surface area contributed by atoms with E-state index >= 15 is 0 Å². The molecular weight excluding hydrogens is 327 g/mol. The average Bonchev–Trinajstić information content (AvgIpc) is 2.52. The molecule has 2 aromatic carbocycles. The van der Waals surface area contributed by atoms with Crippen molar-refractivity contribution in [2.24, 2.45) is 5.10 Å². The molecule has 0 fully saturated rings. The summed E-state index contributed by atoms with van der Waals surface area (Å²) in [6.07, 6.45) is -4.38. The van der Waals surface area contributed by atoms with E-state index in [1.807, 2.05) is 0 Å². The Morgan fingerprint density at radius 3 is 2.30 bits per heavy atom. The second-order valence-electron chi connectivity index (χ2n) is 4.82. The number of alkyl halides is 3. The topological polar surface area (TPSA) is 36.4 Å². The molecule has 0 radical (unpaired) electrons. The van der Waals surface area contributed by atoms with Gasteiger partial charge in [0.2, 0.25) is 0 Å². The van der Waals surface area contributed by atoms with Crippen molar-refractivity contribution in [3.8, 4) is 0 Å². The molecule has 0 aromatic heterocycles. The van der Waals surface area contributed by atoms with Gasteiger partial charge in [-0.1, -0.05) is 17.7 Å². The first-order chi connectivity index (χ1) is 10.8. The van der Waals surface area contributed by atoms with Crippen LogP contribution in [0.1, 0.15) is 18.1 Å². The van der Waals surface area contributed by atoms with E-state index in [4.69, 9.17) is 11.6 Å². The summed E-state index contributed by atoms with van der Waals surface area (Å²) in [6.45, 7) is 1.71. The van der Waals surface area contributed by atoms with Crippen LogP contribution in [0.2, 0.25) is 5.02 Å². The van der Waals surface area contributed by atoms with Crippen molar-refractivity contribution in [3.63, 3.8) is 0 Å². The molecule has 2 rings (SSSR count). The van der Waals surface area contributed by atoms with Crippen LogP contribution in [0.15, 0.2) is 47.6 Å². The normalized spacial score (nSPS) is 12.2. The van der Waals surface area contributed by atoms with E-state index in [1.165, 1.54) is 6.07 Å². The van der Waals surface area contributed by atoms with E-state index in [0.717, 1.165) is 17.8 Å². The molecule has 7 heteroatoms. The van der Waals surface area contributed by atoms with Crippen LogP contribution >= 0.6 is 11.6 Å². The molecule has 0 aliphatic rings. The summed E-state index contributed by atoms with van der Waals surface area (Å²) in [4.78, 5) is 0. The summed E-state index contributed by atoms with van der Waals surface area (Å²) in [5.41, 5.74) is 4.37. The van der Waals surface area contributed by atoms with Crippen LogP contribution in [0, 0.1) is 0 Å². The zero-order valence-electron chi connectivity index (χ0n) is 12.5. The lowest BCUT2D eigenvalue weighted by Gasteiger charge is -2.13. The maximum Gasteiger partial charge on any atom is 0.416 e. The SMILES string of the molecule is CNc1cc(C(F)(F)F)ccc1/C(C)=N/Nc1ccc(Cl)cc1. The Balaban J connectivity index is 2.25. The van der Waals surface area contributed by atoms with Crippen molar-refractivity contribution >= 4 is 28.7 Å². The van der Waals surface area contributed by atoms with Gasteiger partial charge in [-0.3, -0.25) is 5.43 Å². The Hall–Kier alpha value is -2.21. The van der Waals surface area contributed by atoms with Crippen LogP contribution in [-0.2, 0) is 6.18 Å². The van der Waals surface area contributed by atoms with E-state index < -0.39 is 11.7 Å². The number of anilines is 2. The van der Waals surface area contributed by atoms with Gasteiger partial charge in [-0.2, -0.15) is 18.3 Å². The maximum absolute atomic E-state index is 12.8. The monoisotopic (exact) mass is 341 g/mol. The Morgan fingerprint density at radius 2 is 1.74 bits per heavy atom. The van der Waals surface area contributed by atoms with Crippen LogP contribution in [0.4, 0.5) is 24.5 Å². The van der Waals surface area contributed by atoms with Gasteiger partial charge in [0.15, 0.2) is 0 Å². The van der Waals surface area contributed by atoms with E-state index in [-0.39, 0.29) is 0 Å². The zero-order chi connectivity index (χ0) is 17.0. The number of benzene rings is 2. The molecule has 0 aliphatic carbocycles. The van der Waals surface area contributed by atoms with Crippen LogP contribution in [0.25, 0.3) is 0 Å². The maximum atomic E-state index is 12.8. The molecule has 3 nitrogen and oxygen atoms in total. The number of nitrogens with zero attached hydrogens (tertiary/aromatic N) is 1. The molecule has 2 aromatic rings. The lowest BCUT2D eigenvalue weighted by Crippen LogP contribution is -2.09. The zero-order valence-corrected chi connectivity index (χ0v) is 13.3. The Labute approximate surface area is 137 Å². The summed E-state index contributed by atoms with van der Waals surface area (Å²) in [7, 11) is 1.57. The first-order valence-electron chi connectivity index (χ1n) is 6.76. The Kier molecular flexibility index (Phi) is 5.15. The minimum Gasteiger partial charge on any atom is -0.388 e. The van der Waals surface area contributed by atoms with Crippen molar-refractivity contribution in [1.29, 1.82) is 0 Å². The minimum absolute atomic E-state index is 0.360. The van der Waals surface area contributed by atoms with Gasteiger partial charge >= 0.3 is 6.18 Å². The number of rotatable bonds is 4. The molecule has 0 aliphatic heterocycles. The quantitative estimate of drug-likeness (QED) is 0.589. The first kappa shape index (κ1) is 17.1. The highest BCUT2D eigenvalue weighted by atomic mass is 35.5. The number of nitrogens with one attached hydrogen (secondary N) is 2. The molecule has 23 heavy (non-hydrogen) atoms. The van der Waals surface area contributed by atoms with Crippen molar-refractivity contribution in [2.75, 3.05) is 17.8 Å². The number of hydrogen-bond acceptors (Lipinski definition) is 3. The van der Waals surface area contributed by atoms with Gasteiger partial charge in [-0.25, -0.2) is 0 Å². The highest BCUT2D eigenvalue weighted by molar-refractivity contribution is 6.30. The minimum atomic E-state index is -4.38. The number of hydrazone groups is 1. The van der Waals surface area contributed by atoms with Crippen molar-refractivity contribution in [3.05, 3.63) is 58.6 Å². The molecule has 0 atom stereocenters. The average molecular weight is 342 g/mol. The third-order valence-corrected chi connectivity index (χ3v) is 3.45. The lowest BCUT2D eigenvalue weighted by molar-refractivity contribution is -0.137. The van der Waals surface area contributed by atoms with Gasteiger partial charge in [-0.15, -0.1) is 0 Å². The van der Waals surface area contributed by atoms with Gasteiger partial charge < -0.3 is 5.32 Å². The molecule has 0 spiro atoms. The lowest BCUT2D eigenvalue weighted by atomic mass is 10.1. The molecule has 0 saturated heterocycles. The van der Waals surface area contributed by atoms with Gasteiger partial charge in [0.1, 0.15) is 0 Å². The third kappa shape index (κ3) is 4.39. The smallest absolute Gasteiger partial charge is 0.388 e. The van der Waals surface area contributed by atoms with E-state index in [0.29, 0.717) is 22.0 Å². The van der Waals surface area contributed by atoms with Gasteiger partial charge in [0.05, 0.1) is 17.0 Å². The third-order valence-electron chi connectivity index (χ3n) is 3.20. The predicted molar refractivity (Wildman–Crippen MR) is 88.3 cm³/mol. The van der Waals surface area contributed by atoms with Crippen LogP contribution in [-0.4, -0.2) is 12.8 Å². The van der Waals surface area contributed by atoms with E-state index in [2.05, 4.69) is 15.8 Å². The highest BCUT2D eigenvalue weighted by Gasteiger charge is 2.31. The van der Waals surface area contributed by atoms with Crippen LogP contribution in [0.5, 0.6) is 0 Å². The first-order valence-corrected chi connectivity index (χ1v) is 7.14. The van der Waals surface area contributed by atoms with Crippen molar-refractivity contribution in [1.82, 2.24) is 0 Å². The fourth-order valence-electron chi connectivity index (χ4n) is 1.98. The van der Waals surface area contributed by atoms with Crippen LogP contribution in [0.3, 0.4) is 0 Å². The fourth-order valence-corrected chi connectivity index (χ4v) is 2.10. The molecule has 2 N–H and O–H groups in total. The van der Waals surface area contributed by atoms with Gasteiger partial charge in [0.25, 0.3) is 0 Å². The fraction of sp³-hybridized carbons (Fsp3) is 0.188. The number of hydrogen-bond donors (Lipinski definition) is 2. The van der Waals surface area contributed by atoms with E-state index in [1.54, 1.807) is 38.2 Å². The summed E-state index contributed by atoms with van der Waals surface area (Å²) < 4.78 is 38.3. The summed E-state index contributed by atoms with van der Waals surface area (Å²) >= 11 is 5.80. The van der Waals surface area contributed by atoms with E-state index in [9.17, 15) is 13.2 Å². The van der Waals surface area contributed by atoms with Crippen molar-refractivity contribution in [2.45, 2.75) is 13.1 Å². The molecule has 122 valence electrons. The largest absolute Gasteiger partial charge is 0.416 e. The molecular formula is C16H15ClF3N3. The summed E-state index contributed by atoms with van der Waals surface area (Å²) in [6, 6.07) is 10.4.